The fourth-order valence-corrected chi connectivity index (χ4v) is 1.23. The van der Waals surface area contributed by atoms with Gasteiger partial charge in [-0.15, -0.1) is 0 Å². The summed E-state index contributed by atoms with van der Waals surface area (Å²) in [5, 5.41) is 0. The SMILES string of the molecule is CN(C)C.Fc1ccc[c]([SnH])c1F. The molecule has 0 saturated carbocycles. The first-order valence-electron chi connectivity index (χ1n) is 3.75. The van der Waals surface area contributed by atoms with E-state index in [2.05, 4.69) is 0 Å². The summed E-state index contributed by atoms with van der Waals surface area (Å²) in [4.78, 5) is 2.00. The molecule has 1 nitrogen and oxygen atoms in total. The molecule has 1 aromatic rings. The molecule has 0 aromatic heterocycles. The van der Waals surface area contributed by atoms with Crippen LogP contribution in [0.2, 0.25) is 0 Å². The van der Waals surface area contributed by atoms with Crippen molar-refractivity contribution in [1.29, 1.82) is 0 Å². The minimum absolute atomic E-state index is 0.473. The van der Waals surface area contributed by atoms with Crippen LogP contribution in [0.25, 0.3) is 0 Å². The number of benzene rings is 1. The van der Waals surface area contributed by atoms with Crippen molar-refractivity contribution in [3.63, 3.8) is 0 Å². The molecule has 0 N–H and O–H groups in total. The van der Waals surface area contributed by atoms with Gasteiger partial charge in [-0.1, -0.05) is 0 Å². The second kappa shape index (κ2) is 6.32. The van der Waals surface area contributed by atoms with Gasteiger partial charge in [0.2, 0.25) is 0 Å². The Hall–Kier alpha value is -0.161. The van der Waals surface area contributed by atoms with Crippen LogP contribution in [0.4, 0.5) is 8.78 Å². The summed E-state index contributed by atoms with van der Waals surface area (Å²) in [7, 11) is 6.00. The Morgan fingerprint density at radius 3 is 1.92 bits per heavy atom. The molecule has 13 heavy (non-hydrogen) atoms. The van der Waals surface area contributed by atoms with Crippen LogP contribution in [0, 0.1) is 11.6 Å². The molecule has 0 unspecified atom stereocenters. The zero-order chi connectivity index (χ0) is 10.4. The van der Waals surface area contributed by atoms with Gasteiger partial charge in [-0.25, -0.2) is 0 Å². The van der Waals surface area contributed by atoms with Gasteiger partial charge in [0.05, 0.1) is 0 Å². The first kappa shape index (κ1) is 12.8. The predicted octanol–water partition coefficient (Wildman–Crippen LogP) is 0.669. The van der Waals surface area contributed by atoms with E-state index in [1.165, 1.54) is 6.07 Å². The molecule has 0 aliphatic heterocycles. The first-order chi connectivity index (χ1) is 5.95. The van der Waals surface area contributed by atoms with E-state index in [1.807, 2.05) is 26.0 Å². The Labute approximate surface area is 90.8 Å². The van der Waals surface area contributed by atoms with Crippen LogP contribution in [0.3, 0.4) is 0 Å². The van der Waals surface area contributed by atoms with Gasteiger partial charge in [-0.2, -0.15) is 0 Å². The first-order valence-corrected chi connectivity index (χ1v) is 5.40. The average Bonchev–Trinajstić information content (AvgIpc) is 1.99. The number of nitrogens with zero attached hydrogens (tertiary/aromatic N) is 1. The summed E-state index contributed by atoms with van der Waals surface area (Å²) in [6, 6.07) is 4.22. The molecule has 0 fully saturated rings. The van der Waals surface area contributed by atoms with Gasteiger partial charge >= 0.3 is 64.7 Å². The van der Waals surface area contributed by atoms with Crippen molar-refractivity contribution in [3.05, 3.63) is 29.8 Å². The summed E-state index contributed by atoms with van der Waals surface area (Å²) in [6.45, 7) is 0. The standard InChI is InChI=1S/C6H3F2.C3H9N.Sn.H/c7-5-3-1-2-4-6(5)8;1-4(2)3;;/h1-3H;1-3H3;;. The van der Waals surface area contributed by atoms with E-state index in [0.29, 0.717) is 26.1 Å². The zero-order valence-corrected chi connectivity index (χ0v) is 11.3. The number of hydrogen-bond acceptors (Lipinski definition) is 1. The van der Waals surface area contributed by atoms with Crippen LogP contribution in [-0.2, 0) is 0 Å². The molecule has 1 rings (SSSR count). The van der Waals surface area contributed by atoms with Gasteiger partial charge in [0.25, 0.3) is 0 Å². The van der Waals surface area contributed by atoms with Gasteiger partial charge in [0.1, 0.15) is 0 Å². The Balaban J connectivity index is 0.000000310. The van der Waals surface area contributed by atoms with Crippen LogP contribution >= 0.6 is 0 Å². The topological polar surface area (TPSA) is 3.24 Å². The van der Waals surface area contributed by atoms with Gasteiger partial charge in [0, 0.05) is 0 Å². The summed E-state index contributed by atoms with van der Waals surface area (Å²) in [6.07, 6.45) is 0. The van der Waals surface area contributed by atoms with Crippen molar-refractivity contribution in [3.8, 4) is 0 Å². The third-order valence-corrected chi connectivity index (χ3v) is 2.25. The molecular formula is C9H13F2NSn. The van der Waals surface area contributed by atoms with Crippen LogP contribution in [0.15, 0.2) is 18.2 Å². The van der Waals surface area contributed by atoms with Crippen LogP contribution in [0.5, 0.6) is 0 Å². The molecule has 0 saturated heterocycles. The van der Waals surface area contributed by atoms with Crippen molar-refractivity contribution in [2.45, 2.75) is 0 Å². The van der Waals surface area contributed by atoms with Crippen LogP contribution in [0.1, 0.15) is 0 Å². The molecule has 72 valence electrons. The van der Waals surface area contributed by atoms with Crippen molar-refractivity contribution >= 4 is 26.1 Å². The van der Waals surface area contributed by atoms with Gasteiger partial charge in [0.15, 0.2) is 0 Å². The van der Waals surface area contributed by atoms with Crippen molar-refractivity contribution < 1.29 is 8.78 Å². The van der Waals surface area contributed by atoms with Crippen molar-refractivity contribution in [2.24, 2.45) is 0 Å². The molecule has 4 heteroatoms. The van der Waals surface area contributed by atoms with Gasteiger partial charge in [-0.3, -0.25) is 0 Å². The Bertz CT molecular complexity index is 241. The number of rotatable bonds is 0. The molecule has 1 aromatic carbocycles. The van der Waals surface area contributed by atoms with Crippen molar-refractivity contribution in [2.75, 3.05) is 21.1 Å². The second-order valence-corrected chi connectivity index (χ2v) is 4.76. The minimum atomic E-state index is -0.750. The van der Waals surface area contributed by atoms with E-state index in [1.54, 1.807) is 6.07 Å². The third-order valence-electron chi connectivity index (χ3n) is 0.981. The van der Waals surface area contributed by atoms with E-state index in [0.717, 1.165) is 6.07 Å². The second-order valence-electron chi connectivity index (χ2n) is 2.98. The fourth-order valence-electron chi connectivity index (χ4n) is 0.520. The molecule has 0 amide bonds. The molecule has 0 heterocycles. The molecule has 0 atom stereocenters. The maximum atomic E-state index is 12.4. The number of halogens is 2. The fraction of sp³-hybridized carbons (Fsp3) is 0.333. The number of hydrogen-bond donors (Lipinski definition) is 0. The van der Waals surface area contributed by atoms with E-state index in [9.17, 15) is 8.78 Å². The molecule has 0 bridgehead atoms. The van der Waals surface area contributed by atoms with E-state index in [-0.39, 0.29) is 0 Å². The Morgan fingerprint density at radius 2 is 1.62 bits per heavy atom. The normalized spacial score (nSPS) is 9.46. The third kappa shape index (κ3) is 5.98. The van der Waals surface area contributed by atoms with Gasteiger partial charge < -0.3 is 4.90 Å². The predicted molar refractivity (Wildman–Crippen MR) is 52.8 cm³/mol. The van der Waals surface area contributed by atoms with Gasteiger partial charge in [-0.05, 0) is 21.1 Å². The van der Waals surface area contributed by atoms with E-state index < -0.39 is 11.6 Å². The maximum absolute atomic E-state index is 12.4. The average molecular weight is 292 g/mol. The van der Waals surface area contributed by atoms with Crippen molar-refractivity contribution in [1.82, 2.24) is 4.90 Å². The molecule has 0 aliphatic rings. The molecule has 0 spiro atoms. The quantitative estimate of drug-likeness (QED) is 0.635. The molecule has 0 aliphatic carbocycles. The Kier molecular flexibility index (Phi) is 6.24. The van der Waals surface area contributed by atoms with Crippen LogP contribution in [-0.4, -0.2) is 48.6 Å². The molecule has 2 radical (unpaired) electrons. The molecular weight excluding hydrogens is 279 g/mol. The summed E-state index contributed by atoms with van der Waals surface area (Å²) >= 11 is 0.622. The van der Waals surface area contributed by atoms with Crippen LogP contribution < -0.4 is 3.58 Å². The summed E-state index contributed by atoms with van der Waals surface area (Å²) in [5.41, 5.74) is 0. The van der Waals surface area contributed by atoms with E-state index >= 15 is 0 Å². The Morgan fingerprint density at radius 1 is 1.15 bits per heavy atom. The zero-order valence-electron chi connectivity index (χ0n) is 8.01. The van der Waals surface area contributed by atoms with E-state index in [4.69, 9.17) is 0 Å². The summed E-state index contributed by atoms with van der Waals surface area (Å²) < 4.78 is 25.1. The monoisotopic (exact) mass is 293 g/mol. The summed E-state index contributed by atoms with van der Waals surface area (Å²) in [5.74, 6) is -1.44.